The fourth-order valence-electron chi connectivity index (χ4n) is 2.84. The molecule has 0 aliphatic heterocycles. The van der Waals surface area contributed by atoms with Crippen LogP contribution in [0.25, 0.3) is 0 Å². The molecule has 0 heterocycles. The van der Waals surface area contributed by atoms with Gasteiger partial charge in [-0.15, -0.1) is 0 Å². The largest absolute Gasteiger partial charge is 0.397 e. The molecule has 0 aromatic heterocycles. The second-order valence-corrected chi connectivity index (χ2v) is 4.88. The van der Waals surface area contributed by atoms with Crippen LogP contribution >= 0.6 is 0 Å². The predicted molar refractivity (Wildman–Crippen MR) is 70.7 cm³/mol. The molecule has 1 saturated carbocycles. The van der Waals surface area contributed by atoms with Crippen molar-refractivity contribution in [3.05, 3.63) is 23.8 Å². The standard InChI is InChI=1S/C14H20F2N2/c1-2-18(10-6-4-3-5-7-10)14-12(17)9-8-11(15)13(14)16/h8-10H,2-7,17H2,1H3. The Morgan fingerprint density at radius 1 is 1.22 bits per heavy atom. The molecule has 0 unspecified atom stereocenters. The SMILES string of the molecule is CCN(c1c(N)ccc(F)c1F)C1CCCCC1. The summed E-state index contributed by atoms with van der Waals surface area (Å²) in [6.45, 7) is 2.60. The number of rotatable bonds is 3. The molecule has 18 heavy (non-hydrogen) atoms. The summed E-state index contributed by atoms with van der Waals surface area (Å²) in [5.74, 6) is -1.64. The van der Waals surface area contributed by atoms with Gasteiger partial charge in [-0.25, -0.2) is 8.78 Å². The van der Waals surface area contributed by atoms with E-state index in [0.29, 0.717) is 12.2 Å². The Hall–Kier alpha value is -1.32. The number of nitrogens with two attached hydrogens (primary N) is 1. The van der Waals surface area contributed by atoms with Crippen LogP contribution in [0, 0.1) is 11.6 Å². The smallest absolute Gasteiger partial charge is 0.184 e. The maximum absolute atomic E-state index is 14.0. The lowest BCUT2D eigenvalue weighted by Crippen LogP contribution is -2.37. The van der Waals surface area contributed by atoms with Gasteiger partial charge in [0, 0.05) is 12.6 Å². The molecule has 0 saturated heterocycles. The van der Waals surface area contributed by atoms with E-state index in [2.05, 4.69) is 0 Å². The summed E-state index contributed by atoms with van der Waals surface area (Å²) in [6.07, 6.45) is 5.59. The molecule has 0 spiro atoms. The molecule has 0 amide bonds. The lowest BCUT2D eigenvalue weighted by Gasteiger charge is -2.36. The van der Waals surface area contributed by atoms with Crippen LogP contribution in [0.2, 0.25) is 0 Å². The highest BCUT2D eigenvalue weighted by Gasteiger charge is 2.25. The molecule has 1 aliphatic rings. The first-order chi connectivity index (χ1) is 8.65. The van der Waals surface area contributed by atoms with Gasteiger partial charge >= 0.3 is 0 Å². The van der Waals surface area contributed by atoms with Gasteiger partial charge in [0.2, 0.25) is 0 Å². The second kappa shape index (κ2) is 5.55. The molecule has 4 heteroatoms. The van der Waals surface area contributed by atoms with Crippen LogP contribution in [0.15, 0.2) is 12.1 Å². The third-order valence-electron chi connectivity index (χ3n) is 3.74. The summed E-state index contributed by atoms with van der Waals surface area (Å²) >= 11 is 0. The van der Waals surface area contributed by atoms with Gasteiger partial charge in [0.1, 0.15) is 0 Å². The van der Waals surface area contributed by atoms with Crippen molar-refractivity contribution < 1.29 is 8.78 Å². The van der Waals surface area contributed by atoms with Crippen LogP contribution in [0.4, 0.5) is 20.2 Å². The van der Waals surface area contributed by atoms with Crippen molar-refractivity contribution >= 4 is 11.4 Å². The van der Waals surface area contributed by atoms with Crippen LogP contribution in [-0.4, -0.2) is 12.6 Å². The van der Waals surface area contributed by atoms with E-state index in [4.69, 9.17) is 5.73 Å². The zero-order valence-corrected chi connectivity index (χ0v) is 10.8. The Bertz CT molecular complexity index is 415. The van der Waals surface area contributed by atoms with Crippen molar-refractivity contribution in [1.29, 1.82) is 0 Å². The van der Waals surface area contributed by atoms with E-state index in [-0.39, 0.29) is 11.7 Å². The predicted octanol–water partition coefficient (Wildman–Crippen LogP) is 3.71. The van der Waals surface area contributed by atoms with E-state index >= 15 is 0 Å². The van der Waals surface area contributed by atoms with Crippen LogP contribution in [-0.2, 0) is 0 Å². The molecule has 100 valence electrons. The third-order valence-corrected chi connectivity index (χ3v) is 3.74. The molecular formula is C14H20F2N2. The number of anilines is 2. The Morgan fingerprint density at radius 2 is 1.89 bits per heavy atom. The Morgan fingerprint density at radius 3 is 2.50 bits per heavy atom. The summed E-state index contributed by atoms with van der Waals surface area (Å²) < 4.78 is 27.3. The van der Waals surface area contributed by atoms with Crippen LogP contribution in [0.1, 0.15) is 39.0 Å². The molecule has 1 aliphatic carbocycles. The van der Waals surface area contributed by atoms with Gasteiger partial charge < -0.3 is 10.6 Å². The lowest BCUT2D eigenvalue weighted by molar-refractivity contribution is 0.412. The first-order valence-corrected chi connectivity index (χ1v) is 6.65. The number of halogens is 2. The molecule has 0 bridgehead atoms. The van der Waals surface area contributed by atoms with E-state index < -0.39 is 11.6 Å². The Balaban J connectivity index is 2.34. The minimum absolute atomic E-state index is 0.240. The van der Waals surface area contributed by atoms with Crippen LogP contribution in [0.5, 0.6) is 0 Å². The molecule has 0 radical (unpaired) electrons. The topological polar surface area (TPSA) is 29.3 Å². The maximum atomic E-state index is 14.0. The van der Waals surface area contributed by atoms with E-state index in [1.54, 1.807) is 0 Å². The van der Waals surface area contributed by atoms with Gasteiger partial charge in [-0.05, 0) is 31.9 Å². The average molecular weight is 254 g/mol. The van der Waals surface area contributed by atoms with Crippen molar-refractivity contribution in [3.63, 3.8) is 0 Å². The molecule has 2 N–H and O–H groups in total. The van der Waals surface area contributed by atoms with E-state index in [0.717, 1.165) is 31.7 Å². The van der Waals surface area contributed by atoms with Crippen molar-refractivity contribution in [3.8, 4) is 0 Å². The number of nitrogen functional groups attached to an aromatic ring is 1. The van der Waals surface area contributed by atoms with Crippen molar-refractivity contribution in [1.82, 2.24) is 0 Å². The van der Waals surface area contributed by atoms with Crippen molar-refractivity contribution in [2.24, 2.45) is 0 Å². The lowest BCUT2D eigenvalue weighted by atomic mass is 9.93. The van der Waals surface area contributed by atoms with Gasteiger partial charge in [-0.1, -0.05) is 19.3 Å². The first-order valence-electron chi connectivity index (χ1n) is 6.65. The normalized spacial score (nSPS) is 16.8. The maximum Gasteiger partial charge on any atom is 0.184 e. The highest BCUT2D eigenvalue weighted by atomic mass is 19.2. The molecule has 0 atom stereocenters. The Kier molecular flexibility index (Phi) is 4.04. The second-order valence-electron chi connectivity index (χ2n) is 4.88. The van der Waals surface area contributed by atoms with E-state index in [1.807, 2.05) is 11.8 Å². The van der Waals surface area contributed by atoms with E-state index in [1.165, 1.54) is 12.5 Å². The highest BCUT2D eigenvalue weighted by Crippen LogP contribution is 2.33. The Labute approximate surface area is 107 Å². The van der Waals surface area contributed by atoms with Crippen molar-refractivity contribution in [2.45, 2.75) is 45.1 Å². The summed E-state index contributed by atoms with van der Waals surface area (Å²) in [7, 11) is 0. The molecule has 1 aromatic rings. The van der Waals surface area contributed by atoms with E-state index in [9.17, 15) is 8.78 Å². The summed E-state index contributed by atoms with van der Waals surface area (Å²) in [5.41, 5.74) is 6.39. The summed E-state index contributed by atoms with van der Waals surface area (Å²) in [6, 6.07) is 2.81. The number of hydrogen-bond donors (Lipinski definition) is 1. The van der Waals surface area contributed by atoms with Crippen LogP contribution in [0.3, 0.4) is 0 Å². The molecule has 1 fully saturated rings. The van der Waals surface area contributed by atoms with Crippen LogP contribution < -0.4 is 10.6 Å². The van der Waals surface area contributed by atoms with Gasteiger partial charge in [0.05, 0.1) is 11.4 Å². The van der Waals surface area contributed by atoms with Gasteiger partial charge in [-0.2, -0.15) is 0 Å². The zero-order valence-electron chi connectivity index (χ0n) is 10.8. The summed E-state index contributed by atoms with van der Waals surface area (Å²) in [5, 5.41) is 0. The average Bonchev–Trinajstić information content (AvgIpc) is 2.40. The summed E-state index contributed by atoms with van der Waals surface area (Å²) in [4.78, 5) is 1.92. The van der Waals surface area contributed by atoms with Crippen molar-refractivity contribution in [2.75, 3.05) is 17.2 Å². The highest BCUT2D eigenvalue weighted by molar-refractivity contribution is 5.68. The van der Waals surface area contributed by atoms with Gasteiger partial charge in [-0.3, -0.25) is 0 Å². The minimum atomic E-state index is -0.826. The van der Waals surface area contributed by atoms with Gasteiger partial charge in [0.15, 0.2) is 11.6 Å². The fourth-order valence-corrected chi connectivity index (χ4v) is 2.84. The number of hydrogen-bond acceptors (Lipinski definition) is 2. The van der Waals surface area contributed by atoms with Gasteiger partial charge in [0.25, 0.3) is 0 Å². The molecule has 1 aromatic carbocycles. The molecule has 2 nitrogen and oxygen atoms in total. The zero-order chi connectivity index (χ0) is 13.1. The fraction of sp³-hybridized carbons (Fsp3) is 0.571. The number of nitrogens with zero attached hydrogens (tertiary/aromatic N) is 1. The third kappa shape index (κ3) is 2.42. The first kappa shape index (κ1) is 13.1. The molecular weight excluding hydrogens is 234 g/mol. The molecule has 2 rings (SSSR count). The monoisotopic (exact) mass is 254 g/mol. The minimum Gasteiger partial charge on any atom is -0.397 e. The number of benzene rings is 1. The quantitative estimate of drug-likeness (QED) is 0.833.